The molecule has 108 valence electrons. The first-order chi connectivity index (χ1) is 9.02. The highest BCUT2D eigenvalue weighted by atomic mass is 16.5. The Balaban J connectivity index is 2.94. The first-order valence-corrected chi connectivity index (χ1v) is 6.80. The fourth-order valence-corrected chi connectivity index (χ4v) is 2.16. The van der Waals surface area contributed by atoms with E-state index in [1.807, 2.05) is 18.4 Å². The number of hydrogen-bond acceptors (Lipinski definition) is 4. The third-order valence-corrected chi connectivity index (χ3v) is 3.31. The number of carbonyl (C=O) groups is 1. The number of aromatic nitrogens is 2. The van der Waals surface area contributed by atoms with Gasteiger partial charge in [0.05, 0.1) is 31.2 Å². The molecule has 2 atom stereocenters. The fourth-order valence-electron chi connectivity index (χ4n) is 2.16. The Hall–Kier alpha value is -1.36. The van der Waals surface area contributed by atoms with Crippen molar-refractivity contribution in [3.05, 3.63) is 18.2 Å². The number of methoxy groups -OCH3 is 1. The molecular weight excluding hydrogens is 244 g/mol. The van der Waals surface area contributed by atoms with Crippen LogP contribution in [0.1, 0.15) is 57.9 Å². The number of nitrogens with zero attached hydrogens (tertiary/aromatic N) is 2. The van der Waals surface area contributed by atoms with Crippen molar-refractivity contribution in [1.82, 2.24) is 9.55 Å². The summed E-state index contributed by atoms with van der Waals surface area (Å²) < 4.78 is 6.68. The van der Waals surface area contributed by atoms with E-state index in [1.54, 1.807) is 12.5 Å². The van der Waals surface area contributed by atoms with Crippen LogP contribution >= 0.6 is 0 Å². The fraction of sp³-hybridized carbons (Fsp3) is 0.714. The third-order valence-electron chi connectivity index (χ3n) is 3.31. The number of rotatable bonds is 7. The van der Waals surface area contributed by atoms with E-state index < -0.39 is 12.0 Å². The monoisotopic (exact) mass is 268 g/mol. The maximum atomic E-state index is 11.8. The van der Waals surface area contributed by atoms with Crippen LogP contribution in [0.3, 0.4) is 0 Å². The Bertz CT molecular complexity index is 401. The van der Waals surface area contributed by atoms with Crippen molar-refractivity contribution in [1.29, 1.82) is 0 Å². The van der Waals surface area contributed by atoms with E-state index in [0.29, 0.717) is 12.1 Å². The number of esters is 1. The standard InChI is InChI=1S/C14H24N2O3/c1-5-6-7-11(14(18)19-4)13(17)12-8-15-9-16(12)10(2)3/h8-11,13,17H,5-7H2,1-4H3. The second-order valence-corrected chi connectivity index (χ2v) is 5.04. The van der Waals surface area contributed by atoms with Gasteiger partial charge in [-0.25, -0.2) is 4.98 Å². The molecule has 0 bridgehead atoms. The molecule has 0 saturated heterocycles. The normalized spacial score (nSPS) is 14.4. The topological polar surface area (TPSA) is 64.3 Å². The number of ether oxygens (including phenoxy) is 1. The van der Waals surface area contributed by atoms with Crippen molar-refractivity contribution in [2.24, 2.45) is 5.92 Å². The van der Waals surface area contributed by atoms with Gasteiger partial charge in [0.15, 0.2) is 0 Å². The van der Waals surface area contributed by atoms with Crippen LogP contribution in [0.5, 0.6) is 0 Å². The Kier molecular flexibility index (Phi) is 6.02. The molecule has 19 heavy (non-hydrogen) atoms. The predicted octanol–water partition coefficient (Wildman–Crippen LogP) is 2.48. The Labute approximate surface area is 114 Å². The van der Waals surface area contributed by atoms with Crippen LogP contribution in [0.25, 0.3) is 0 Å². The number of hydrogen-bond donors (Lipinski definition) is 1. The zero-order valence-electron chi connectivity index (χ0n) is 12.2. The molecule has 1 N–H and O–H groups in total. The second kappa shape index (κ2) is 7.28. The SMILES string of the molecule is CCCCC(C(=O)OC)C(O)c1cncn1C(C)C. The molecule has 0 aromatic carbocycles. The Morgan fingerprint density at radius 2 is 2.21 bits per heavy atom. The predicted molar refractivity (Wildman–Crippen MR) is 72.6 cm³/mol. The lowest BCUT2D eigenvalue weighted by Gasteiger charge is -2.23. The molecule has 1 rings (SSSR count). The smallest absolute Gasteiger partial charge is 0.311 e. The van der Waals surface area contributed by atoms with E-state index in [0.717, 1.165) is 12.8 Å². The molecule has 1 heterocycles. The van der Waals surface area contributed by atoms with E-state index in [-0.39, 0.29) is 12.0 Å². The summed E-state index contributed by atoms with van der Waals surface area (Å²) in [6.45, 7) is 6.08. The van der Waals surface area contributed by atoms with E-state index in [4.69, 9.17) is 4.74 Å². The van der Waals surface area contributed by atoms with Crippen molar-refractivity contribution in [2.45, 2.75) is 52.2 Å². The largest absolute Gasteiger partial charge is 0.469 e. The third kappa shape index (κ3) is 3.80. The lowest BCUT2D eigenvalue weighted by Crippen LogP contribution is -2.25. The molecule has 0 aliphatic rings. The molecule has 0 aliphatic heterocycles. The highest BCUT2D eigenvalue weighted by Gasteiger charge is 2.30. The van der Waals surface area contributed by atoms with Crippen molar-refractivity contribution in [3.63, 3.8) is 0 Å². The van der Waals surface area contributed by atoms with Crippen LogP contribution in [0.4, 0.5) is 0 Å². The quantitative estimate of drug-likeness (QED) is 0.772. The van der Waals surface area contributed by atoms with Gasteiger partial charge in [-0.05, 0) is 20.3 Å². The molecule has 5 heteroatoms. The summed E-state index contributed by atoms with van der Waals surface area (Å²) >= 11 is 0. The van der Waals surface area contributed by atoms with Crippen LogP contribution in [-0.4, -0.2) is 27.7 Å². The maximum absolute atomic E-state index is 11.8. The molecule has 0 aliphatic carbocycles. The van der Waals surface area contributed by atoms with Gasteiger partial charge < -0.3 is 14.4 Å². The average molecular weight is 268 g/mol. The van der Waals surface area contributed by atoms with Crippen molar-refractivity contribution in [3.8, 4) is 0 Å². The summed E-state index contributed by atoms with van der Waals surface area (Å²) in [6.07, 6.45) is 4.90. The zero-order valence-corrected chi connectivity index (χ0v) is 12.2. The molecule has 0 spiro atoms. The van der Waals surface area contributed by atoms with Gasteiger partial charge in [0.25, 0.3) is 0 Å². The zero-order chi connectivity index (χ0) is 14.4. The summed E-state index contributed by atoms with van der Waals surface area (Å²) in [5.41, 5.74) is 0.668. The minimum absolute atomic E-state index is 0.191. The average Bonchev–Trinajstić information content (AvgIpc) is 2.87. The lowest BCUT2D eigenvalue weighted by molar-refractivity contribution is -0.150. The van der Waals surface area contributed by atoms with Gasteiger partial charge in [0.2, 0.25) is 0 Å². The molecule has 1 aromatic rings. The highest BCUT2D eigenvalue weighted by molar-refractivity contribution is 5.73. The number of imidazole rings is 1. The van der Waals surface area contributed by atoms with Gasteiger partial charge in [0, 0.05) is 6.04 Å². The number of aliphatic hydroxyl groups is 1. The first kappa shape index (κ1) is 15.7. The van der Waals surface area contributed by atoms with Crippen LogP contribution in [-0.2, 0) is 9.53 Å². The molecular formula is C14H24N2O3. The molecule has 0 fully saturated rings. The lowest BCUT2D eigenvalue weighted by atomic mass is 9.94. The molecule has 0 saturated carbocycles. The summed E-state index contributed by atoms with van der Waals surface area (Å²) in [4.78, 5) is 15.9. The van der Waals surface area contributed by atoms with Gasteiger partial charge in [-0.15, -0.1) is 0 Å². The summed E-state index contributed by atoms with van der Waals surface area (Å²) in [5, 5.41) is 10.5. The van der Waals surface area contributed by atoms with E-state index in [2.05, 4.69) is 11.9 Å². The van der Waals surface area contributed by atoms with Gasteiger partial charge >= 0.3 is 5.97 Å². The molecule has 0 amide bonds. The van der Waals surface area contributed by atoms with E-state index in [1.165, 1.54) is 7.11 Å². The van der Waals surface area contributed by atoms with Crippen molar-refractivity contribution >= 4 is 5.97 Å². The molecule has 1 aromatic heterocycles. The van der Waals surface area contributed by atoms with Gasteiger partial charge in [-0.3, -0.25) is 4.79 Å². The number of carbonyl (C=O) groups excluding carboxylic acids is 1. The maximum Gasteiger partial charge on any atom is 0.311 e. The van der Waals surface area contributed by atoms with Gasteiger partial charge in [-0.2, -0.15) is 0 Å². The minimum atomic E-state index is -0.871. The summed E-state index contributed by atoms with van der Waals surface area (Å²) in [5.74, 6) is -0.892. The van der Waals surface area contributed by atoms with Gasteiger partial charge in [0.1, 0.15) is 6.10 Å². The second-order valence-electron chi connectivity index (χ2n) is 5.04. The molecule has 2 unspecified atom stereocenters. The highest BCUT2D eigenvalue weighted by Crippen LogP contribution is 2.28. The van der Waals surface area contributed by atoms with Crippen LogP contribution in [0.15, 0.2) is 12.5 Å². The molecule has 0 radical (unpaired) electrons. The van der Waals surface area contributed by atoms with Gasteiger partial charge in [-0.1, -0.05) is 19.8 Å². The van der Waals surface area contributed by atoms with Crippen LogP contribution in [0.2, 0.25) is 0 Å². The Morgan fingerprint density at radius 1 is 1.53 bits per heavy atom. The van der Waals surface area contributed by atoms with Crippen molar-refractivity contribution in [2.75, 3.05) is 7.11 Å². The van der Waals surface area contributed by atoms with Crippen LogP contribution in [0, 0.1) is 5.92 Å². The van der Waals surface area contributed by atoms with E-state index >= 15 is 0 Å². The number of unbranched alkanes of at least 4 members (excludes halogenated alkanes) is 1. The summed E-state index contributed by atoms with van der Waals surface area (Å²) in [7, 11) is 1.35. The number of aliphatic hydroxyl groups excluding tert-OH is 1. The van der Waals surface area contributed by atoms with E-state index in [9.17, 15) is 9.90 Å². The summed E-state index contributed by atoms with van der Waals surface area (Å²) in [6, 6.07) is 0.191. The van der Waals surface area contributed by atoms with Crippen LogP contribution < -0.4 is 0 Å². The molecule has 5 nitrogen and oxygen atoms in total. The first-order valence-electron chi connectivity index (χ1n) is 6.80. The van der Waals surface area contributed by atoms with Crippen molar-refractivity contribution < 1.29 is 14.6 Å². The minimum Gasteiger partial charge on any atom is -0.469 e. The Morgan fingerprint density at radius 3 is 2.74 bits per heavy atom.